The Morgan fingerprint density at radius 2 is 1.58 bits per heavy atom. The van der Waals surface area contributed by atoms with Gasteiger partial charge >= 0.3 is 0 Å². The fourth-order valence-corrected chi connectivity index (χ4v) is 3.41. The van der Waals surface area contributed by atoms with Crippen LogP contribution in [0.3, 0.4) is 0 Å². The molecule has 2 nitrogen and oxygen atoms in total. The molecule has 0 spiro atoms. The third-order valence-corrected chi connectivity index (χ3v) is 4.65. The predicted octanol–water partition coefficient (Wildman–Crippen LogP) is 4.64. The van der Waals surface area contributed by atoms with Gasteiger partial charge in [0, 0.05) is 17.7 Å². The lowest BCUT2D eigenvalue weighted by Gasteiger charge is -2.16. The smallest absolute Gasteiger partial charge is 0.201 e. The van der Waals surface area contributed by atoms with E-state index in [0.717, 1.165) is 22.3 Å². The van der Waals surface area contributed by atoms with Crippen LogP contribution in [-0.4, -0.2) is 0 Å². The van der Waals surface area contributed by atoms with Gasteiger partial charge < -0.3 is 0 Å². The Kier molecular flexibility index (Phi) is 4.18. The first-order valence-corrected chi connectivity index (χ1v) is 8.10. The van der Waals surface area contributed by atoms with E-state index in [4.69, 9.17) is 0 Å². The van der Waals surface area contributed by atoms with Crippen LogP contribution in [0, 0.1) is 32.1 Å². The molecule has 0 unspecified atom stereocenters. The lowest BCUT2D eigenvalue weighted by Crippen LogP contribution is -2.30. The van der Waals surface area contributed by atoms with Gasteiger partial charge in [0.2, 0.25) is 5.69 Å². The molecule has 0 saturated heterocycles. The molecule has 0 N–H and O–H groups in total. The minimum absolute atomic E-state index is 0.727. The van der Waals surface area contributed by atoms with Crippen LogP contribution < -0.4 is 4.57 Å². The van der Waals surface area contributed by atoms with Gasteiger partial charge in [0.1, 0.15) is 7.05 Å². The Bertz CT molecular complexity index is 962. The molecule has 2 aromatic carbocycles. The van der Waals surface area contributed by atoms with Gasteiger partial charge in [0.25, 0.3) is 0 Å². The monoisotopic (exact) mass is 313 g/mol. The van der Waals surface area contributed by atoms with Crippen molar-refractivity contribution in [2.45, 2.75) is 20.8 Å². The average Bonchev–Trinajstić information content (AvgIpc) is 2.57. The summed E-state index contributed by atoms with van der Waals surface area (Å²) in [4.78, 5) is 0. The molecule has 0 amide bonds. The number of benzene rings is 2. The average molecular weight is 313 g/mol. The molecule has 0 atom stereocenters. The number of nitriles is 1. The molecule has 1 heterocycles. The second-order valence-corrected chi connectivity index (χ2v) is 6.24. The zero-order chi connectivity index (χ0) is 17.3. The van der Waals surface area contributed by atoms with Gasteiger partial charge in [-0.05, 0) is 55.2 Å². The van der Waals surface area contributed by atoms with Gasteiger partial charge in [-0.2, -0.15) is 5.26 Å². The highest BCUT2D eigenvalue weighted by molar-refractivity contribution is 5.82. The normalized spacial score (nSPS) is 10.5. The summed E-state index contributed by atoms with van der Waals surface area (Å²) in [6.45, 7) is 6.36. The summed E-state index contributed by atoms with van der Waals surface area (Å²) < 4.78 is 2.14. The number of aryl methyl sites for hydroxylation is 3. The zero-order valence-corrected chi connectivity index (χ0v) is 14.6. The number of nitrogens with zero attached hydrogens (tertiary/aromatic N) is 2. The molecular weight excluding hydrogens is 292 g/mol. The quantitative estimate of drug-likeness (QED) is 0.633. The van der Waals surface area contributed by atoms with Crippen molar-refractivity contribution >= 4 is 0 Å². The van der Waals surface area contributed by atoms with Crippen LogP contribution in [0.1, 0.15) is 22.3 Å². The maximum absolute atomic E-state index is 9.53. The van der Waals surface area contributed by atoms with Gasteiger partial charge in [-0.3, -0.25) is 0 Å². The highest BCUT2D eigenvalue weighted by Gasteiger charge is 2.19. The van der Waals surface area contributed by atoms with Gasteiger partial charge in [-0.25, -0.2) is 4.57 Å². The van der Waals surface area contributed by atoms with Crippen molar-refractivity contribution in [3.8, 4) is 28.5 Å². The van der Waals surface area contributed by atoms with Crippen molar-refractivity contribution in [3.63, 3.8) is 0 Å². The molecule has 0 bridgehead atoms. The maximum atomic E-state index is 9.53. The van der Waals surface area contributed by atoms with E-state index in [9.17, 15) is 5.26 Å². The Labute approximate surface area is 143 Å². The van der Waals surface area contributed by atoms with Crippen LogP contribution >= 0.6 is 0 Å². The second kappa shape index (κ2) is 6.29. The third kappa shape index (κ3) is 2.59. The first kappa shape index (κ1) is 16.0. The van der Waals surface area contributed by atoms with Gasteiger partial charge in [0.15, 0.2) is 6.20 Å². The van der Waals surface area contributed by atoms with E-state index < -0.39 is 0 Å². The van der Waals surface area contributed by atoms with Crippen LogP contribution in [0.25, 0.3) is 22.4 Å². The number of pyridine rings is 1. The zero-order valence-electron chi connectivity index (χ0n) is 14.6. The third-order valence-electron chi connectivity index (χ3n) is 4.65. The Morgan fingerprint density at radius 1 is 0.833 bits per heavy atom. The van der Waals surface area contributed by atoms with Crippen LogP contribution in [0.5, 0.6) is 0 Å². The first-order chi connectivity index (χ1) is 11.5. The first-order valence-electron chi connectivity index (χ1n) is 8.10. The minimum Gasteiger partial charge on any atom is -0.201 e. The number of rotatable bonds is 2. The summed E-state index contributed by atoms with van der Waals surface area (Å²) >= 11 is 0. The van der Waals surface area contributed by atoms with Crippen LogP contribution in [0.15, 0.2) is 54.7 Å². The summed E-state index contributed by atoms with van der Waals surface area (Å²) in [5.74, 6) is 0. The van der Waals surface area contributed by atoms with E-state index in [2.05, 4.69) is 75.0 Å². The number of hydrogen-bond acceptors (Lipinski definition) is 1. The van der Waals surface area contributed by atoms with E-state index in [-0.39, 0.29) is 0 Å². The van der Waals surface area contributed by atoms with Crippen molar-refractivity contribution in [3.05, 3.63) is 77.0 Å². The SMILES string of the molecule is Cc1cccc(C#N)c1-c1ccc(C)c(-c2cccc[n+]2C)c1C. The van der Waals surface area contributed by atoms with Crippen LogP contribution in [-0.2, 0) is 7.05 Å². The minimum atomic E-state index is 0.727. The molecule has 24 heavy (non-hydrogen) atoms. The summed E-state index contributed by atoms with van der Waals surface area (Å²) in [6, 6.07) is 18.8. The molecule has 3 rings (SSSR count). The molecule has 3 aromatic rings. The lowest BCUT2D eigenvalue weighted by molar-refractivity contribution is -0.660. The van der Waals surface area contributed by atoms with Gasteiger partial charge in [0.05, 0.1) is 17.2 Å². The van der Waals surface area contributed by atoms with Crippen molar-refractivity contribution in [1.82, 2.24) is 0 Å². The molecule has 0 aliphatic carbocycles. The van der Waals surface area contributed by atoms with E-state index in [1.54, 1.807) is 0 Å². The van der Waals surface area contributed by atoms with Crippen molar-refractivity contribution in [2.24, 2.45) is 7.05 Å². The standard InChI is InChI=1S/C22H21N2/c1-15-8-7-9-18(14-23)22(15)19-12-11-16(2)21(17(19)3)20-10-5-6-13-24(20)4/h5-13H,1-4H3/q+1. The fraction of sp³-hybridized carbons (Fsp3) is 0.182. The molecule has 0 radical (unpaired) electrons. The highest BCUT2D eigenvalue weighted by atomic mass is 14.9. The van der Waals surface area contributed by atoms with Crippen LogP contribution in [0.4, 0.5) is 0 Å². The Morgan fingerprint density at radius 3 is 2.29 bits per heavy atom. The molecule has 118 valence electrons. The van der Waals surface area contributed by atoms with E-state index in [1.165, 1.54) is 22.4 Å². The summed E-state index contributed by atoms with van der Waals surface area (Å²) in [5.41, 5.74) is 8.90. The van der Waals surface area contributed by atoms with E-state index >= 15 is 0 Å². The molecule has 1 aromatic heterocycles. The molecule has 0 aliphatic heterocycles. The van der Waals surface area contributed by atoms with Crippen molar-refractivity contribution < 1.29 is 4.57 Å². The van der Waals surface area contributed by atoms with Gasteiger partial charge in [-0.1, -0.05) is 24.3 Å². The maximum Gasteiger partial charge on any atom is 0.212 e. The number of hydrogen-bond donors (Lipinski definition) is 0. The predicted molar refractivity (Wildman–Crippen MR) is 97.4 cm³/mol. The van der Waals surface area contributed by atoms with E-state index in [1.807, 2.05) is 18.2 Å². The Balaban J connectivity index is 2.34. The van der Waals surface area contributed by atoms with Crippen molar-refractivity contribution in [2.75, 3.05) is 0 Å². The molecule has 0 saturated carbocycles. The van der Waals surface area contributed by atoms with Crippen LogP contribution in [0.2, 0.25) is 0 Å². The molecule has 2 heteroatoms. The molecule has 0 aliphatic rings. The molecular formula is C22H21N2+. The van der Waals surface area contributed by atoms with E-state index in [0.29, 0.717) is 0 Å². The second-order valence-electron chi connectivity index (χ2n) is 6.24. The fourth-order valence-electron chi connectivity index (χ4n) is 3.41. The number of aromatic nitrogens is 1. The topological polar surface area (TPSA) is 27.7 Å². The van der Waals surface area contributed by atoms with Gasteiger partial charge in [-0.15, -0.1) is 0 Å². The Hall–Kier alpha value is -2.92. The summed E-state index contributed by atoms with van der Waals surface area (Å²) in [6.07, 6.45) is 2.06. The molecule has 0 fully saturated rings. The summed E-state index contributed by atoms with van der Waals surface area (Å²) in [5, 5.41) is 9.53. The largest absolute Gasteiger partial charge is 0.212 e. The lowest BCUT2D eigenvalue weighted by atomic mass is 9.87. The van der Waals surface area contributed by atoms with Crippen molar-refractivity contribution in [1.29, 1.82) is 5.26 Å². The summed E-state index contributed by atoms with van der Waals surface area (Å²) in [7, 11) is 2.06. The highest BCUT2D eigenvalue weighted by Crippen LogP contribution is 2.36.